The Labute approximate surface area is 146 Å². The van der Waals surface area contributed by atoms with Crippen LogP contribution in [-0.2, 0) is 11.3 Å². The molecule has 1 aliphatic rings. The maximum atomic E-state index is 12.3. The number of anilines is 1. The minimum Gasteiger partial charge on any atom is -0.325 e. The standard InChI is InChI=1S/C18H22N4OS/c1-4-10-22-17(14-8-9-14)20-21-18(22)24-11-15(23)19-16-12(2)6-5-7-13(16)3/h4-7,14H,1,8-11H2,2-3H3,(H,19,23). The summed E-state index contributed by atoms with van der Waals surface area (Å²) in [7, 11) is 0. The highest BCUT2D eigenvalue weighted by Crippen LogP contribution is 2.40. The van der Waals surface area contributed by atoms with Gasteiger partial charge in [-0.3, -0.25) is 4.79 Å². The average Bonchev–Trinajstić information content (AvgIpc) is 3.32. The van der Waals surface area contributed by atoms with E-state index >= 15 is 0 Å². The van der Waals surface area contributed by atoms with Gasteiger partial charge in [-0.05, 0) is 37.8 Å². The molecule has 6 heteroatoms. The maximum Gasteiger partial charge on any atom is 0.234 e. The molecule has 0 atom stereocenters. The first-order valence-electron chi connectivity index (χ1n) is 8.13. The van der Waals surface area contributed by atoms with Crippen LogP contribution in [0.3, 0.4) is 0 Å². The smallest absolute Gasteiger partial charge is 0.234 e. The van der Waals surface area contributed by atoms with E-state index < -0.39 is 0 Å². The minimum absolute atomic E-state index is 0.0291. The highest BCUT2D eigenvalue weighted by molar-refractivity contribution is 7.99. The summed E-state index contributed by atoms with van der Waals surface area (Å²) in [4.78, 5) is 12.3. The third-order valence-electron chi connectivity index (χ3n) is 4.08. The van der Waals surface area contributed by atoms with Gasteiger partial charge in [0.2, 0.25) is 5.91 Å². The van der Waals surface area contributed by atoms with Gasteiger partial charge < -0.3 is 9.88 Å². The van der Waals surface area contributed by atoms with E-state index in [1.807, 2.05) is 38.1 Å². The molecule has 126 valence electrons. The van der Waals surface area contributed by atoms with Crippen molar-refractivity contribution in [1.29, 1.82) is 0 Å². The Morgan fingerprint density at radius 3 is 2.71 bits per heavy atom. The first-order chi connectivity index (χ1) is 11.6. The highest BCUT2D eigenvalue weighted by Gasteiger charge is 2.30. The van der Waals surface area contributed by atoms with Crippen molar-refractivity contribution < 1.29 is 4.79 Å². The summed E-state index contributed by atoms with van der Waals surface area (Å²) in [6, 6.07) is 5.99. The highest BCUT2D eigenvalue weighted by atomic mass is 32.2. The summed E-state index contributed by atoms with van der Waals surface area (Å²) >= 11 is 1.42. The number of thioether (sulfide) groups is 1. The molecule has 0 bridgehead atoms. The number of aromatic nitrogens is 3. The summed E-state index contributed by atoms with van der Waals surface area (Å²) < 4.78 is 2.07. The summed E-state index contributed by atoms with van der Waals surface area (Å²) in [5.41, 5.74) is 3.03. The molecular weight excluding hydrogens is 320 g/mol. The zero-order valence-corrected chi connectivity index (χ0v) is 14.9. The van der Waals surface area contributed by atoms with Gasteiger partial charge in [0.1, 0.15) is 5.82 Å². The Morgan fingerprint density at radius 1 is 1.38 bits per heavy atom. The van der Waals surface area contributed by atoms with Gasteiger partial charge in [-0.15, -0.1) is 16.8 Å². The molecule has 1 N–H and O–H groups in total. The molecule has 1 amide bonds. The molecule has 0 saturated heterocycles. The number of carbonyl (C=O) groups is 1. The minimum atomic E-state index is -0.0291. The van der Waals surface area contributed by atoms with Crippen molar-refractivity contribution in [2.75, 3.05) is 11.1 Å². The number of carbonyl (C=O) groups excluding carboxylic acids is 1. The monoisotopic (exact) mass is 342 g/mol. The van der Waals surface area contributed by atoms with Crippen molar-refractivity contribution in [3.8, 4) is 0 Å². The van der Waals surface area contributed by atoms with Crippen molar-refractivity contribution in [2.24, 2.45) is 0 Å². The Hall–Kier alpha value is -2.08. The molecule has 1 aromatic carbocycles. The molecule has 0 aliphatic heterocycles. The molecule has 24 heavy (non-hydrogen) atoms. The predicted octanol–water partition coefficient (Wildman–Crippen LogP) is 3.69. The molecule has 0 unspecified atom stereocenters. The van der Waals surface area contributed by atoms with Crippen molar-refractivity contribution in [1.82, 2.24) is 14.8 Å². The van der Waals surface area contributed by atoms with E-state index in [0.29, 0.717) is 18.2 Å². The second-order valence-electron chi connectivity index (χ2n) is 6.12. The third kappa shape index (κ3) is 3.70. The number of para-hydroxylation sites is 1. The number of aryl methyl sites for hydroxylation is 2. The van der Waals surface area contributed by atoms with Gasteiger partial charge in [-0.1, -0.05) is 36.0 Å². The molecule has 0 spiro atoms. The molecular formula is C18H22N4OS. The Balaban J connectivity index is 1.65. The third-order valence-corrected chi connectivity index (χ3v) is 5.04. The molecule has 0 radical (unpaired) electrons. The molecule has 3 rings (SSSR count). The second kappa shape index (κ2) is 7.21. The van der Waals surface area contributed by atoms with E-state index in [4.69, 9.17) is 0 Å². The number of hydrogen-bond acceptors (Lipinski definition) is 4. The lowest BCUT2D eigenvalue weighted by molar-refractivity contribution is -0.113. The number of hydrogen-bond donors (Lipinski definition) is 1. The van der Waals surface area contributed by atoms with Crippen LogP contribution in [0.5, 0.6) is 0 Å². The maximum absolute atomic E-state index is 12.3. The molecule has 2 aromatic rings. The lowest BCUT2D eigenvalue weighted by Crippen LogP contribution is -2.16. The quantitative estimate of drug-likeness (QED) is 0.616. The molecule has 1 fully saturated rings. The predicted molar refractivity (Wildman–Crippen MR) is 97.5 cm³/mol. The molecule has 5 nitrogen and oxygen atoms in total. The zero-order valence-electron chi connectivity index (χ0n) is 14.1. The van der Waals surface area contributed by atoms with Crippen LogP contribution in [0, 0.1) is 13.8 Å². The number of rotatable bonds is 7. The Bertz CT molecular complexity index is 744. The van der Waals surface area contributed by atoms with E-state index in [1.54, 1.807) is 0 Å². The lowest BCUT2D eigenvalue weighted by atomic mass is 10.1. The van der Waals surface area contributed by atoms with Gasteiger partial charge in [0.15, 0.2) is 5.16 Å². The SMILES string of the molecule is C=CCn1c(SCC(=O)Nc2c(C)cccc2C)nnc1C1CC1. The molecule has 1 aromatic heterocycles. The number of nitrogens with zero attached hydrogens (tertiary/aromatic N) is 3. The topological polar surface area (TPSA) is 59.8 Å². The summed E-state index contributed by atoms with van der Waals surface area (Å²) in [5, 5.41) is 12.3. The molecule has 1 heterocycles. The van der Waals surface area contributed by atoms with E-state index in [-0.39, 0.29) is 5.91 Å². The van der Waals surface area contributed by atoms with Crippen molar-refractivity contribution >= 4 is 23.4 Å². The summed E-state index contributed by atoms with van der Waals surface area (Å²) in [6.45, 7) is 8.48. The van der Waals surface area contributed by atoms with E-state index in [2.05, 4.69) is 26.7 Å². The average molecular weight is 342 g/mol. The lowest BCUT2D eigenvalue weighted by Gasteiger charge is -2.11. The number of nitrogens with one attached hydrogen (secondary N) is 1. The normalized spacial score (nSPS) is 13.8. The summed E-state index contributed by atoms with van der Waals surface area (Å²) in [5.74, 6) is 1.83. The Kier molecular flexibility index (Phi) is 5.04. The van der Waals surface area contributed by atoms with Gasteiger partial charge in [0.05, 0.1) is 5.75 Å². The van der Waals surface area contributed by atoms with Crippen LogP contribution in [0.2, 0.25) is 0 Å². The fourth-order valence-corrected chi connectivity index (χ4v) is 3.42. The fourth-order valence-electron chi connectivity index (χ4n) is 2.67. The van der Waals surface area contributed by atoms with Gasteiger partial charge in [0.25, 0.3) is 0 Å². The van der Waals surface area contributed by atoms with Crippen molar-refractivity contribution in [2.45, 2.75) is 44.3 Å². The van der Waals surface area contributed by atoms with Crippen LogP contribution in [0.25, 0.3) is 0 Å². The van der Waals surface area contributed by atoms with Gasteiger partial charge in [0, 0.05) is 18.2 Å². The van der Waals surface area contributed by atoms with Gasteiger partial charge >= 0.3 is 0 Å². The van der Waals surface area contributed by atoms with Crippen LogP contribution >= 0.6 is 11.8 Å². The number of benzene rings is 1. The van der Waals surface area contributed by atoms with Crippen LogP contribution in [0.15, 0.2) is 36.0 Å². The van der Waals surface area contributed by atoms with E-state index in [0.717, 1.165) is 27.8 Å². The van der Waals surface area contributed by atoms with Crippen molar-refractivity contribution in [3.05, 3.63) is 47.8 Å². The van der Waals surface area contributed by atoms with Crippen LogP contribution in [-0.4, -0.2) is 26.4 Å². The van der Waals surface area contributed by atoms with Gasteiger partial charge in [-0.25, -0.2) is 0 Å². The van der Waals surface area contributed by atoms with Gasteiger partial charge in [-0.2, -0.15) is 0 Å². The molecule has 1 saturated carbocycles. The van der Waals surface area contributed by atoms with Crippen LogP contribution in [0.1, 0.15) is 35.7 Å². The second-order valence-corrected chi connectivity index (χ2v) is 7.06. The van der Waals surface area contributed by atoms with Crippen LogP contribution < -0.4 is 5.32 Å². The Morgan fingerprint density at radius 2 is 2.08 bits per heavy atom. The largest absolute Gasteiger partial charge is 0.325 e. The van der Waals surface area contributed by atoms with Crippen molar-refractivity contribution in [3.63, 3.8) is 0 Å². The fraction of sp³-hybridized carbons (Fsp3) is 0.389. The number of allylic oxidation sites excluding steroid dienone is 1. The first-order valence-corrected chi connectivity index (χ1v) is 9.11. The van der Waals surface area contributed by atoms with E-state index in [1.165, 1.54) is 24.6 Å². The van der Waals surface area contributed by atoms with Crippen LogP contribution in [0.4, 0.5) is 5.69 Å². The zero-order chi connectivity index (χ0) is 17.1. The van der Waals surface area contributed by atoms with E-state index in [9.17, 15) is 4.79 Å². The molecule has 1 aliphatic carbocycles. The number of amides is 1. The summed E-state index contributed by atoms with van der Waals surface area (Å²) in [6.07, 6.45) is 4.19. The first kappa shape index (κ1) is 16.8.